The Balaban J connectivity index is 1.91. The zero-order valence-corrected chi connectivity index (χ0v) is 13.5. The highest BCUT2D eigenvalue weighted by molar-refractivity contribution is 7.99. The van der Waals surface area contributed by atoms with Crippen LogP contribution in [0.25, 0.3) is 0 Å². The number of aliphatic hydroxyl groups excluding tert-OH is 1. The molecule has 2 rings (SSSR count). The Morgan fingerprint density at radius 1 is 1.32 bits per heavy atom. The number of benzene rings is 1. The minimum Gasteiger partial charge on any atom is -0.390 e. The first-order valence-corrected chi connectivity index (χ1v) is 8.07. The van der Waals surface area contributed by atoms with E-state index in [4.69, 9.17) is 0 Å². The molecule has 22 heavy (non-hydrogen) atoms. The quantitative estimate of drug-likeness (QED) is 0.802. The van der Waals surface area contributed by atoms with Crippen molar-refractivity contribution in [1.82, 2.24) is 4.98 Å². The zero-order chi connectivity index (χ0) is 15.9. The van der Waals surface area contributed by atoms with E-state index in [9.17, 15) is 10.4 Å². The molecule has 2 aromatic rings. The van der Waals surface area contributed by atoms with Gasteiger partial charge in [-0.1, -0.05) is 18.2 Å². The molecule has 0 aliphatic carbocycles. The summed E-state index contributed by atoms with van der Waals surface area (Å²) in [6.07, 6.45) is -0.514. The highest BCUT2D eigenvalue weighted by Gasteiger charge is 2.12. The Morgan fingerprint density at radius 3 is 2.73 bits per heavy atom. The van der Waals surface area contributed by atoms with Crippen molar-refractivity contribution in [3.63, 3.8) is 0 Å². The monoisotopic (exact) mass is 313 g/mol. The van der Waals surface area contributed by atoms with Crippen molar-refractivity contribution in [1.29, 1.82) is 5.26 Å². The summed E-state index contributed by atoms with van der Waals surface area (Å²) in [6.45, 7) is 4.28. The minimum atomic E-state index is -0.514. The lowest BCUT2D eigenvalue weighted by atomic mass is 10.1. The zero-order valence-electron chi connectivity index (χ0n) is 12.7. The summed E-state index contributed by atoms with van der Waals surface area (Å²) in [5, 5.41) is 23.2. The maximum absolute atomic E-state index is 10.1. The van der Waals surface area contributed by atoms with Crippen LogP contribution in [0, 0.1) is 25.2 Å². The number of aromatic nitrogens is 1. The highest BCUT2D eigenvalue weighted by Crippen LogP contribution is 2.24. The molecular formula is C17H19N3OS. The van der Waals surface area contributed by atoms with Crippen LogP contribution < -0.4 is 5.32 Å². The van der Waals surface area contributed by atoms with E-state index in [2.05, 4.69) is 16.4 Å². The van der Waals surface area contributed by atoms with Crippen molar-refractivity contribution in [3.05, 3.63) is 53.2 Å². The van der Waals surface area contributed by atoms with Gasteiger partial charge in [0.25, 0.3) is 0 Å². The number of aliphatic hydroxyl groups is 1. The molecule has 114 valence electrons. The molecule has 0 spiro atoms. The molecule has 1 heterocycles. The van der Waals surface area contributed by atoms with Crippen molar-refractivity contribution in [2.75, 3.05) is 17.6 Å². The summed E-state index contributed by atoms with van der Waals surface area (Å²) < 4.78 is 0. The van der Waals surface area contributed by atoms with E-state index < -0.39 is 6.10 Å². The number of nitrogens with zero attached hydrogens (tertiary/aromatic N) is 2. The number of hydrogen-bond donors (Lipinski definition) is 2. The lowest BCUT2D eigenvalue weighted by Gasteiger charge is -2.13. The second kappa shape index (κ2) is 7.83. The number of pyridine rings is 1. The van der Waals surface area contributed by atoms with Gasteiger partial charge in [-0.25, -0.2) is 4.98 Å². The molecule has 0 aliphatic rings. The van der Waals surface area contributed by atoms with Gasteiger partial charge >= 0.3 is 0 Å². The largest absolute Gasteiger partial charge is 0.390 e. The van der Waals surface area contributed by atoms with Gasteiger partial charge in [0, 0.05) is 23.7 Å². The van der Waals surface area contributed by atoms with E-state index in [0.717, 1.165) is 16.9 Å². The van der Waals surface area contributed by atoms with Crippen molar-refractivity contribution in [2.45, 2.75) is 25.0 Å². The van der Waals surface area contributed by atoms with E-state index in [-0.39, 0.29) is 0 Å². The molecule has 5 heteroatoms. The third-order valence-electron chi connectivity index (χ3n) is 3.15. The molecule has 0 amide bonds. The van der Waals surface area contributed by atoms with Gasteiger partial charge < -0.3 is 10.4 Å². The molecule has 0 bridgehead atoms. The second-order valence-electron chi connectivity index (χ2n) is 5.08. The van der Waals surface area contributed by atoms with E-state index in [1.807, 2.05) is 50.2 Å². The maximum atomic E-state index is 10.1. The Hall–Kier alpha value is -2.03. The molecule has 1 atom stereocenters. The minimum absolute atomic E-state index is 0.462. The SMILES string of the molecule is Cc1cc(C)c(C#N)c(SCC(O)CNc2ccccc2)n1. The van der Waals surface area contributed by atoms with Crippen LogP contribution in [0.1, 0.15) is 16.8 Å². The number of nitriles is 1. The molecule has 0 aliphatic heterocycles. The number of thioether (sulfide) groups is 1. The topological polar surface area (TPSA) is 68.9 Å². The van der Waals surface area contributed by atoms with Gasteiger partial charge in [-0.15, -0.1) is 11.8 Å². The van der Waals surface area contributed by atoms with Gasteiger partial charge in [-0.05, 0) is 37.6 Å². The van der Waals surface area contributed by atoms with Gasteiger partial charge in [0.15, 0.2) is 0 Å². The van der Waals surface area contributed by atoms with Crippen LogP contribution in [0.4, 0.5) is 5.69 Å². The number of para-hydroxylation sites is 1. The summed E-state index contributed by atoms with van der Waals surface area (Å²) in [5.41, 5.74) is 3.39. The molecule has 1 aromatic heterocycles. The molecule has 1 unspecified atom stereocenters. The van der Waals surface area contributed by atoms with Gasteiger partial charge in [-0.2, -0.15) is 5.26 Å². The Kier molecular flexibility index (Phi) is 5.82. The van der Waals surface area contributed by atoms with Gasteiger partial charge in [0.05, 0.1) is 11.7 Å². The Bertz CT molecular complexity index is 668. The number of rotatable bonds is 6. The van der Waals surface area contributed by atoms with E-state index >= 15 is 0 Å². The molecule has 4 nitrogen and oxygen atoms in total. The smallest absolute Gasteiger partial charge is 0.114 e. The number of nitrogens with one attached hydrogen (secondary N) is 1. The van der Waals surface area contributed by atoms with Crippen molar-refractivity contribution in [2.24, 2.45) is 0 Å². The van der Waals surface area contributed by atoms with Crippen LogP contribution >= 0.6 is 11.8 Å². The van der Waals surface area contributed by atoms with Crippen LogP contribution in [-0.2, 0) is 0 Å². The fourth-order valence-electron chi connectivity index (χ4n) is 2.07. The summed E-state index contributed by atoms with van der Waals surface area (Å²) in [7, 11) is 0. The molecule has 0 fully saturated rings. The van der Waals surface area contributed by atoms with Crippen molar-refractivity contribution < 1.29 is 5.11 Å². The van der Waals surface area contributed by atoms with Crippen LogP contribution in [0.15, 0.2) is 41.4 Å². The average Bonchev–Trinajstić information content (AvgIpc) is 2.51. The first kappa shape index (κ1) is 16.3. The van der Waals surface area contributed by atoms with Crippen LogP contribution in [0.2, 0.25) is 0 Å². The fourth-order valence-corrected chi connectivity index (χ4v) is 3.10. The first-order chi connectivity index (χ1) is 10.6. The van der Waals surface area contributed by atoms with Gasteiger partial charge in [0.1, 0.15) is 11.1 Å². The summed E-state index contributed by atoms with van der Waals surface area (Å²) in [5.74, 6) is 0.490. The second-order valence-corrected chi connectivity index (χ2v) is 6.09. The molecule has 0 saturated heterocycles. The van der Waals surface area contributed by atoms with E-state index in [1.54, 1.807) is 0 Å². The maximum Gasteiger partial charge on any atom is 0.114 e. The lowest BCUT2D eigenvalue weighted by molar-refractivity contribution is 0.213. The van der Waals surface area contributed by atoms with Crippen LogP contribution in [0.5, 0.6) is 0 Å². The highest BCUT2D eigenvalue weighted by atomic mass is 32.2. The van der Waals surface area contributed by atoms with E-state index in [1.165, 1.54) is 11.8 Å². The molecular weight excluding hydrogens is 294 g/mol. The third kappa shape index (κ3) is 4.48. The molecule has 1 aromatic carbocycles. The Labute approximate surface area is 135 Å². The van der Waals surface area contributed by atoms with Crippen molar-refractivity contribution in [3.8, 4) is 6.07 Å². The van der Waals surface area contributed by atoms with Crippen LogP contribution in [-0.4, -0.2) is 28.5 Å². The number of anilines is 1. The molecule has 2 N–H and O–H groups in total. The summed E-state index contributed by atoms with van der Waals surface area (Å²) in [4.78, 5) is 4.40. The Morgan fingerprint density at radius 2 is 2.05 bits per heavy atom. The predicted octanol–water partition coefficient (Wildman–Crippen LogP) is 3.14. The normalized spacial score (nSPS) is 11.7. The molecule has 0 saturated carbocycles. The van der Waals surface area contributed by atoms with Gasteiger partial charge in [0.2, 0.25) is 0 Å². The number of aryl methyl sites for hydroxylation is 2. The standard InChI is InChI=1S/C17H19N3OS/c1-12-8-13(2)20-17(16(12)9-18)22-11-15(21)10-19-14-6-4-3-5-7-14/h3-8,15,19,21H,10-11H2,1-2H3. The molecule has 0 radical (unpaired) electrons. The predicted molar refractivity (Wildman–Crippen MR) is 90.1 cm³/mol. The number of hydrogen-bond acceptors (Lipinski definition) is 5. The van der Waals surface area contributed by atoms with Crippen LogP contribution in [0.3, 0.4) is 0 Å². The fraction of sp³-hybridized carbons (Fsp3) is 0.294. The third-order valence-corrected chi connectivity index (χ3v) is 4.27. The van der Waals surface area contributed by atoms with Gasteiger partial charge in [-0.3, -0.25) is 0 Å². The summed E-state index contributed by atoms with van der Waals surface area (Å²) >= 11 is 1.42. The first-order valence-electron chi connectivity index (χ1n) is 7.08. The average molecular weight is 313 g/mol. The lowest BCUT2D eigenvalue weighted by Crippen LogP contribution is -2.22. The summed E-state index contributed by atoms with van der Waals surface area (Å²) in [6, 6.07) is 13.8. The van der Waals surface area contributed by atoms with Crippen molar-refractivity contribution >= 4 is 17.4 Å². The van der Waals surface area contributed by atoms with E-state index in [0.29, 0.717) is 22.9 Å².